The molecule has 12 heavy (non-hydrogen) atoms. The van der Waals surface area contributed by atoms with Gasteiger partial charge >= 0.3 is 0 Å². The largest absolute Gasteiger partial charge is 0.0625 e. The van der Waals surface area contributed by atoms with Gasteiger partial charge in [0, 0.05) is 0 Å². The Balaban J connectivity index is 2.84. The Hall–Kier alpha value is 0. The summed E-state index contributed by atoms with van der Waals surface area (Å²) in [6, 6.07) is 0. The lowest BCUT2D eigenvalue weighted by molar-refractivity contribution is -0.00132. The van der Waals surface area contributed by atoms with E-state index in [0.29, 0.717) is 10.8 Å². The highest BCUT2D eigenvalue weighted by Gasteiger charge is 2.43. The van der Waals surface area contributed by atoms with Crippen molar-refractivity contribution in [3.8, 4) is 0 Å². The second-order valence-corrected chi connectivity index (χ2v) is 6.21. The molecule has 1 aliphatic carbocycles. The summed E-state index contributed by atoms with van der Waals surface area (Å²) >= 11 is 0. The lowest BCUT2D eigenvalue weighted by Crippen LogP contribution is -2.41. The van der Waals surface area contributed by atoms with Crippen LogP contribution in [-0.2, 0) is 0 Å². The van der Waals surface area contributed by atoms with Crippen LogP contribution in [0.15, 0.2) is 0 Å². The highest BCUT2D eigenvalue weighted by molar-refractivity contribution is 4.92. The van der Waals surface area contributed by atoms with E-state index in [1.54, 1.807) is 0 Å². The molecular weight excluding hydrogens is 144 g/mol. The molecule has 0 heteroatoms. The Labute approximate surface area is 77.7 Å². The summed E-state index contributed by atoms with van der Waals surface area (Å²) in [4.78, 5) is 0. The Bertz CT molecular complexity index is 147. The van der Waals surface area contributed by atoms with Gasteiger partial charge in [0.25, 0.3) is 0 Å². The first-order valence-electron chi connectivity index (χ1n) is 5.26. The third-order valence-corrected chi connectivity index (χ3v) is 4.09. The smallest absolute Gasteiger partial charge is 0.0321 e. The zero-order chi connectivity index (χ0) is 9.57. The summed E-state index contributed by atoms with van der Waals surface area (Å²) < 4.78 is 0. The molecule has 0 aromatic carbocycles. The summed E-state index contributed by atoms with van der Waals surface area (Å²) in [5, 5.41) is 0. The van der Waals surface area contributed by atoms with Crippen LogP contribution in [0.4, 0.5) is 0 Å². The molecule has 0 spiro atoms. The van der Waals surface area contributed by atoms with Gasteiger partial charge in [0.15, 0.2) is 0 Å². The van der Waals surface area contributed by atoms with E-state index in [2.05, 4.69) is 41.5 Å². The summed E-state index contributed by atoms with van der Waals surface area (Å²) in [5.74, 6) is 1.76. The second-order valence-electron chi connectivity index (χ2n) is 6.21. The molecule has 1 rings (SSSR count). The van der Waals surface area contributed by atoms with Gasteiger partial charge in [-0.15, -0.1) is 0 Å². The van der Waals surface area contributed by atoms with Crippen LogP contribution >= 0.6 is 0 Å². The molecule has 1 saturated carbocycles. The van der Waals surface area contributed by atoms with Gasteiger partial charge in [-0.1, -0.05) is 41.5 Å². The van der Waals surface area contributed by atoms with Crippen molar-refractivity contribution in [1.82, 2.24) is 0 Å². The van der Waals surface area contributed by atoms with Gasteiger partial charge in [0.1, 0.15) is 0 Å². The molecule has 1 aliphatic rings. The van der Waals surface area contributed by atoms with Gasteiger partial charge in [0.05, 0.1) is 0 Å². The van der Waals surface area contributed by atoms with Gasteiger partial charge in [0.2, 0.25) is 0 Å². The lowest BCUT2D eigenvalue weighted by Gasteiger charge is -2.50. The molecule has 0 aromatic rings. The summed E-state index contributed by atoms with van der Waals surface area (Å²) in [7, 11) is 0. The zero-order valence-corrected chi connectivity index (χ0v) is 9.57. The molecule has 0 radical (unpaired) electrons. The predicted molar refractivity (Wildman–Crippen MR) is 55.1 cm³/mol. The molecule has 0 N–H and O–H groups in total. The van der Waals surface area contributed by atoms with Crippen LogP contribution in [0.5, 0.6) is 0 Å². The Morgan fingerprint density at radius 3 is 1.50 bits per heavy atom. The fourth-order valence-corrected chi connectivity index (χ4v) is 3.28. The Morgan fingerprint density at radius 2 is 1.17 bits per heavy atom. The molecule has 0 aromatic heterocycles. The molecule has 0 bridgehead atoms. The molecule has 0 aliphatic heterocycles. The topological polar surface area (TPSA) is 0 Å². The van der Waals surface area contributed by atoms with Crippen LogP contribution < -0.4 is 0 Å². The fraction of sp³-hybridized carbons (Fsp3) is 1.00. The van der Waals surface area contributed by atoms with E-state index in [1.165, 1.54) is 12.8 Å². The average molecular weight is 168 g/mol. The highest BCUT2D eigenvalue weighted by atomic mass is 14.5. The predicted octanol–water partition coefficient (Wildman–Crippen LogP) is 4.10. The maximum absolute atomic E-state index is 2.43. The molecule has 0 amide bonds. The van der Waals surface area contributed by atoms with Crippen LogP contribution in [0.25, 0.3) is 0 Å². The van der Waals surface area contributed by atoms with Gasteiger partial charge in [-0.3, -0.25) is 0 Å². The first-order chi connectivity index (χ1) is 5.26. The molecule has 0 nitrogen and oxygen atoms in total. The zero-order valence-electron chi connectivity index (χ0n) is 9.57. The van der Waals surface area contributed by atoms with Crippen molar-refractivity contribution in [2.45, 2.75) is 54.4 Å². The standard InChI is InChI=1S/C12H24/c1-9-7-11(3,4)10(2)12(5,6)8-9/h9-10H,7-8H2,1-6H3. The number of hydrogen-bond donors (Lipinski definition) is 0. The van der Waals surface area contributed by atoms with E-state index in [-0.39, 0.29) is 0 Å². The molecule has 0 saturated heterocycles. The number of hydrogen-bond acceptors (Lipinski definition) is 0. The van der Waals surface area contributed by atoms with Gasteiger partial charge in [-0.25, -0.2) is 0 Å². The van der Waals surface area contributed by atoms with Gasteiger partial charge in [-0.05, 0) is 35.5 Å². The molecule has 0 unspecified atom stereocenters. The van der Waals surface area contributed by atoms with Crippen LogP contribution in [0.2, 0.25) is 0 Å². The molecule has 72 valence electrons. The highest BCUT2D eigenvalue weighted by Crippen LogP contribution is 2.52. The lowest BCUT2D eigenvalue weighted by atomic mass is 9.55. The SMILES string of the molecule is CC1CC(C)(C)C(C)C(C)(C)C1. The quantitative estimate of drug-likeness (QED) is 0.511. The van der Waals surface area contributed by atoms with Crippen LogP contribution in [0.3, 0.4) is 0 Å². The van der Waals surface area contributed by atoms with Gasteiger partial charge < -0.3 is 0 Å². The van der Waals surface area contributed by atoms with Crippen molar-refractivity contribution in [2.75, 3.05) is 0 Å². The molecule has 0 atom stereocenters. The van der Waals surface area contributed by atoms with Crippen molar-refractivity contribution < 1.29 is 0 Å². The van der Waals surface area contributed by atoms with Crippen LogP contribution in [0, 0.1) is 22.7 Å². The van der Waals surface area contributed by atoms with E-state index in [1.807, 2.05) is 0 Å². The molecular formula is C12H24. The van der Waals surface area contributed by atoms with Crippen molar-refractivity contribution >= 4 is 0 Å². The normalized spacial score (nSPS) is 39.5. The minimum absolute atomic E-state index is 0.543. The van der Waals surface area contributed by atoms with Crippen molar-refractivity contribution in [3.63, 3.8) is 0 Å². The Kier molecular flexibility index (Phi) is 2.31. The van der Waals surface area contributed by atoms with Crippen molar-refractivity contribution in [3.05, 3.63) is 0 Å². The minimum atomic E-state index is 0.543. The third-order valence-electron chi connectivity index (χ3n) is 4.09. The maximum atomic E-state index is 2.43. The monoisotopic (exact) mass is 168 g/mol. The maximum Gasteiger partial charge on any atom is -0.0321 e. The van der Waals surface area contributed by atoms with Gasteiger partial charge in [-0.2, -0.15) is 0 Å². The first-order valence-corrected chi connectivity index (χ1v) is 5.26. The van der Waals surface area contributed by atoms with Crippen LogP contribution in [0.1, 0.15) is 54.4 Å². The number of rotatable bonds is 0. The minimum Gasteiger partial charge on any atom is -0.0625 e. The van der Waals surface area contributed by atoms with Crippen molar-refractivity contribution in [2.24, 2.45) is 22.7 Å². The van der Waals surface area contributed by atoms with E-state index >= 15 is 0 Å². The third kappa shape index (κ3) is 1.67. The summed E-state index contributed by atoms with van der Waals surface area (Å²) in [6.07, 6.45) is 2.80. The Morgan fingerprint density at radius 1 is 0.833 bits per heavy atom. The van der Waals surface area contributed by atoms with Crippen molar-refractivity contribution in [1.29, 1.82) is 0 Å². The van der Waals surface area contributed by atoms with E-state index < -0.39 is 0 Å². The van der Waals surface area contributed by atoms with E-state index in [4.69, 9.17) is 0 Å². The average Bonchev–Trinajstić information content (AvgIpc) is 1.80. The van der Waals surface area contributed by atoms with E-state index in [0.717, 1.165) is 11.8 Å². The summed E-state index contributed by atoms with van der Waals surface area (Å²) in [5.41, 5.74) is 1.09. The van der Waals surface area contributed by atoms with Crippen LogP contribution in [-0.4, -0.2) is 0 Å². The molecule has 0 heterocycles. The fourth-order valence-electron chi connectivity index (χ4n) is 3.28. The summed E-state index contributed by atoms with van der Waals surface area (Å²) in [6.45, 7) is 14.5. The first kappa shape index (κ1) is 10.1. The van der Waals surface area contributed by atoms with E-state index in [9.17, 15) is 0 Å². The second kappa shape index (κ2) is 2.75. The molecule has 1 fully saturated rings.